The van der Waals surface area contributed by atoms with Gasteiger partial charge in [0.25, 0.3) is 5.91 Å². The third-order valence-electron chi connectivity index (χ3n) is 5.72. The molecule has 0 unspecified atom stereocenters. The summed E-state index contributed by atoms with van der Waals surface area (Å²) in [4.78, 5) is 23.6. The molecule has 7 nitrogen and oxygen atoms in total. The summed E-state index contributed by atoms with van der Waals surface area (Å²) in [6.45, 7) is 2.13. The van der Waals surface area contributed by atoms with E-state index in [1.54, 1.807) is 47.4 Å². The molecule has 2 aromatic carbocycles. The number of hydrogen-bond acceptors (Lipinski definition) is 6. The molecule has 0 fully saturated rings. The maximum absolute atomic E-state index is 13.1. The van der Waals surface area contributed by atoms with Crippen molar-refractivity contribution in [1.29, 1.82) is 0 Å². The van der Waals surface area contributed by atoms with Crippen LogP contribution >= 0.6 is 11.3 Å². The molecule has 0 spiro atoms. The molecule has 3 aromatic heterocycles. The molecule has 8 heteroatoms. The highest BCUT2D eigenvalue weighted by Gasteiger charge is 2.19. The Hall–Kier alpha value is -4.04. The molecule has 1 N–H and O–H groups in total. The normalized spacial score (nSPS) is 11.0. The number of nitrogens with one attached hydrogen (secondary N) is 1. The van der Waals surface area contributed by atoms with Gasteiger partial charge in [0, 0.05) is 11.3 Å². The fourth-order valence-corrected chi connectivity index (χ4v) is 4.81. The summed E-state index contributed by atoms with van der Waals surface area (Å²) in [5.74, 6) is 1.19. The standard InChI is InChI=1S/C27H25N5O2S/c1-3-4-14-24-29-25-21(23-15-19(17-35-23)18-10-6-5-7-11-18)16-28-32(25)27(30-24)31-26(33)20-12-8-9-13-22(20)34-2/h5-13,15-17H,3-4,14H2,1-2H3,(H,29,30,31,33). The largest absolute Gasteiger partial charge is 0.496 e. The van der Waals surface area contributed by atoms with Crippen molar-refractivity contribution >= 4 is 28.8 Å². The van der Waals surface area contributed by atoms with Crippen molar-refractivity contribution in [2.45, 2.75) is 26.2 Å². The van der Waals surface area contributed by atoms with E-state index in [1.165, 1.54) is 0 Å². The van der Waals surface area contributed by atoms with Crippen molar-refractivity contribution in [3.8, 4) is 27.3 Å². The smallest absolute Gasteiger partial charge is 0.261 e. The van der Waals surface area contributed by atoms with E-state index in [1.807, 2.05) is 24.3 Å². The molecule has 0 saturated carbocycles. The highest BCUT2D eigenvalue weighted by atomic mass is 32.1. The van der Waals surface area contributed by atoms with Gasteiger partial charge in [0.1, 0.15) is 11.6 Å². The first-order valence-electron chi connectivity index (χ1n) is 11.5. The lowest BCUT2D eigenvalue weighted by Gasteiger charge is -2.11. The molecule has 0 atom stereocenters. The first-order chi connectivity index (χ1) is 17.2. The van der Waals surface area contributed by atoms with Crippen LogP contribution < -0.4 is 10.1 Å². The van der Waals surface area contributed by atoms with E-state index in [-0.39, 0.29) is 5.91 Å². The van der Waals surface area contributed by atoms with Crippen molar-refractivity contribution in [1.82, 2.24) is 19.6 Å². The number of aromatic nitrogens is 4. The number of carbonyl (C=O) groups is 1. The van der Waals surface area contributed by atoms with E-state index in [0.717, 1.165) is 40.8 Å². The van der Waals surface area contributed by atoms with Crippen LogP contribution in [0.3, 0.4) is 0 Å². The maximum Gasteiger partial charge on any atom is 0.261 e. The number of para-hydroxylation sites is 1. The third-order valence-corrected chi connectivity index (χ3v) is 6.68. The number of fused-ring (bicyclic) bond motifs is 1. The Bertz CT molecular complexity index is 1480. The molecule has 176 valence electrons. The molecular weight excluding hydrogens is 458 g/mol. The lowest BCUT2D eigenvalue weighted by molar-refractivity contribution is 0.102. The van der Waals surface area contributed by atoms with Gasteiger partial charge in [-0.15, -0.1) is 11.3 Å². The minimum absolute atomic E-state index is 0.316. The second-order valence-corrected chi connectivity index (χ2v) is 8.99. The number of amides is 1. The van der Waals surface area contributed by atoms with E-state index in [0.29, 0.717) is 28.7 Å². The van der Waals surface area contributed by atoms with Crippen LogP contribution in [0, 0.1) is 0 Å². The van der Waals surface area contributed by atoms with Gasteiger partial charge in [-0.2, -0.15) is 14.6 Å². The van der Waals surface area contributed by atoms with Crippen molar-refractivity contribution < 1.29 is 9.53 Å². The van der Waals surface area contributed by atoms with Crippen LogP contribution in [0.25, 0.3) is 27.2 Å². The van der Waals surface area contributed by atoms with Crippen molar-refractivity contribution in [3.63, 3.8) is 0 Å². The van der Waals surface area contributed by atoms with E-state index in [4.69, 9.17) is 9.72 Å². The third kappa shape index (κ3) is 4.65. The van der Waals surface area contributed by atoms with Gasteiger partial charge < -0.3 is 4.74 Å². The zero-order valence-electron chi connectivity index (χ0n) is 19.6. The summed E-state index contributed by atoms with van der Waals surface area (Å²) < 4.78 is 6.95. The van der Waals surface area contributed by atoms with Crippen molar-refractivity contribution in [2.75, 3.05) is 12.4 Å². The predicted molar refractivity (Wildman–Crippen MR) is 139 cm³/mol. The van der Waals surface area contributed by atoms with Gasteiger partial charge in [0.05, 0.1) is 24.4 Å². The summed E-state index contributed by atoms with van der Waals surface area (Å²) in [5.41, 5.74) is 4.31. The molecule has 0 radical (unpaired) electrons. The Kier molecular flexibility index (Phi) is 6.54. The lowest BCUT2D eigenvalue weighted by atomic mass is 10.1. The van der Waals surface area contributed by atoms with Gasteiger partial charge in [-0.3, -0.25) is 10.1 Å². The van der Waals surface area contributed by atoms with Gasteiger partial charge in [0.2, 0.25) is 5.95 Å². The topological polar surface area (TPSA) is 81.4 Å². The van der Waals surface area contributed by atoms with E-state index >= 15 is 0 Å². The quantitative estimate of drug-likeness (QED) is 0.287. The average molecular weight is 484 g/mol. The molecule has 0 saturated heterocycles. The molecule has 0 aliphatic heterocycles. The summed E-state index contributed by atoms with van der Waals surface area (Å²) in [5, 5.41) is 9.60. The lowest BCUT2D eigenvalue weighted by Crippen LogP contribution is -2.18. The highest BCUT2D eigenvalue weighted by molar-refractivity contribution is 7.14. The number of rotatable bonds is 8. The molecule has 5 aromatic rings. The summed E-state index contributed by atoms with van der Waals surface area (Å²) in [6.07, 6.45) is 4.48. The van der Waals surface area contributed by atoms with Crippen LogP contribution in [0.5, 0.6) is 5.75 Å². The Morgan fingerprint density at radius 2 is 1.86 bits per heavy atom. The number of benzene rings is 2. The molecule has 1 amide bonds. The number of unbranched alkanes of at least 4 members (excludes halogenated alkanes) is 1. The zero-order valence-corrected chi connectivity index (χ0v) is 20.4. The van der Waals surface area contributed by atoms with Crippen LogP contribution in [0.2, 0.25) is 0 Å². The second kappa shape index (κ2) is 10.1. The SMILES string of the molecule is CCCCc1nc(NC(=O)c2ccccc2OC)n2ncc(-c3cc(-c4ccccc4)cs3)c2n1. The van der Waals surface area contributed by atoms with Crippen molar-refractivity contribution in [3.05, 3.63) is 83.6 Å². The number of ether oxygens (including phenoxy) is 1. The molecule has 3 heterocycles. The summed E-state index contributed by atoms with van der Waals surface area (Å²) in [7, 11) is 1.54. The number of nitrogens with zero attached hydrogens (tertiary/aromatic N) is 4. The minimum Gasteiger partial charge on any atom is -0.496 e. The van der Waals surface area contributed by atoms with E-state index in [9.17, 15) is 4.79 Å². The average Bonchev–Trinajstić information content (AvgIpc) is 3.55. The van der Waals surface area contributed by atoms with Gasteiger partial charge in [-0.05, 0) is 41.1 Å². The number of carbonyl (C=O) groups excluding carboxylic acids is 1. The van der Waals surface area contributed by atoms with Crippen LogP contribution in [0.15, 0.2) is 72.2 Å². The maximum atomic E-state index is 13.1. The van der Waals surface area contributed by atoms with Gasteiger partial charge in [0.15, 0.2) is 5.65 Å². The zero-order chi connectivity index (χ0) is 24.2. The molecule has 0 aliphatic rings. The first-order valence-corrected chi connectivity index (χ1v) is 12.4. The fourth-order valence-electron chi connectivity index (χ4n) is 3.88. The van der Waals surface area contributed by atoms with Gasteiger partial charge >= 0.3 is 0 Å². The molecule has 0 bridgehead atoms. The molecular formula is C27H25N5O2S. The van der Waals surface area contributed by atoms with Crippen molar-refractivity contribution in [2.24, 2.45) is 0 Å². The Balaban J connectivity index is 1.55. The predicted octanol–water partition coefficient (Wildman–Crippen LogP) is 6.12. The minimum atomic E-state index is -0.316. The Labute approximate surface area is 207 Å². The van der Waals surface area contributed by atoms with E-state index < -0.39 is 0 Å². The van der Waals surface area contributed by atoms with Crippen LogP contribution in [0.4, 0.5) is 5.95 Å². The summed E-state index contributed by atoms with van der Waals surface area (Å²) >= 11 is 1.64. The Morgan fingerprint density at radius 3 is 2.66 bits per heavy atom. The first kappa shape index (κ1) is 22.7. The number of aryl methyl sites for hydroxylation is 1. The number of methoxy groups -OCH3 is 1. The monoisotopic (exact) mass is 483 g/mol. The summed E-state index contributed by atoms with van der Waals surface area (Å²) in [6, 6.07) is 19.5. The van der Waals surface area contributed by atoms with E-state index in [2.05, 4.69) is 45.9 Å². The Morgan fingerprint density at radius 1 is 1.06 bits per heavy atom. The molecule has 0 aliphatic carbocycles. The van der Waals surface area contributed by atoms with Crippen LogP contribution in [0.1, 0.15) is 35.9 Å². The van der Waals surface area contributed by atoms with Crippen LogP contribution in [-0.2, 0) is 6.42 Å². The second-order valence-electron chi connectivity index (χ2n) is 8.08. The number of hydrogen-bond donors (Lipinski definition) is 1. The molecule has 5 rings (SSSR count). The fraction of sp³-hybridized carbons (Fsp3) is 0.185. The van der Waals surface area contributed by atoms with Gasteiger partial charge in [-0.1, -0.05) is 55.8 Å². The highest BCUT2D eigenvalue weighted by Crippen LogP contribution is 2.35. The number of thiophene rings is 1. The number of anilines is 1. The van der Waals surface area contributed by atoms with Crippen LogP contribution in [-0.4, -0.2) is 32.6 Å². The molecule has 35 heavy (non-hydrogen) atoms. The van der Waals surface area contributed by atoms with Gasteiger partial charge in [-0.25, -0.2) is 4.98 Å².